The van der Waals surface area contributed by atoms with Crippen molar-refractivity contribution in [1.29, 1.82) is 0 Å². The Labute approximate surface area is 72.8 Å². The normalized spacial score (nSPS) is 11.5. The molecule has 0 unspecified atom stereocenters. The van der Waals surface area contributed by atoms with Crippen LogP contribution in [0, 0.1) is 12.3 Å². The highest BCUT2D eigenvalue weighted by Crippen LogP contribution is 1.98. The molecule has 0 aliphatic rings. The van der Waals surface area contributed by atoms with Crippen LogP contribution in [-0.4, -0.2) is 40.4 Å². The minimum atomic E-state index is -3.24. The quantitative estimate of drug-likeness (QED) is 0.441. The van der Waals surface area contributed by atoms with E-state index < -0.39 is 16.1 Å². The number of terminal acetylenes is 1. The zero-order chi connectivity index (χ0) is 9.61. The van der Waals surface area contributed by atoms with Gasteiger partial charge in [-0.1, -0.05) is 5.92 Å². The van der Waals surface area contributed by atoms with Gasteiger partial charge in [-0.3, -0.25) is 0 Å². The van der Waals surface area contributed by atoms with E-state index in [0.717, 1.165) is 0 Å². The molecule has 5 heteroatoms. The van der Waals surface area contributed by atoms with Crippen LogP contribution in [0.25, 0.3) is 0 Å². The molecule has 0 spiro atoms. The molecule has 0 atom stereocenters. The van der Waals surface area contributed by atoms with Gasteiger partial charge >= 0.3 is 0 Å². The molecular formula is C7H12O4S. The summed E-state index contributed by atoms with van der Waals surface area (Å²) in [5.74, 6) is 1.58. The van der Waals surface area contributed by atoms with Crippen LogP contribution in [0.3, 0.4) is 0 Å². The van der Waals surface area contributed by atoms with Gasteiger partial charge in [0.2, 0.25) is 0 Å². The third kappa shape index (κ3) is 4.34. The van der Waals surface area contributed by atoms with Crippen molar-refractivity contribution in [1.82, 2.24) is 0 Å². The lowest BCUT2D eigenvalue weighted by Crippen LogP contribution is -2.25. The van der Waals surface area contributed by atoms with Crippen LogP contribution in [0.4, 0.5) is 0 Å². The van der Waals surface area contributed by atoms with Gasteiger partial charge in [0.1, 0.15) is 11.5 Å². The van der Waals surface area contributed by atoms with Gasteiger partial charge in [0.05, 0.1) is 0 Å². The van der Waals surface area contributed by atoms with Gasteiger partial charge < -0.3 is 9.47 Å². The molecule has 4 nitrogen and oxygen atoms in total. The maximum atomic E-state index is 11.1. The molecule has 0 saturated carbocycles. The average molecular weight is 192 g/mol. The standard InChI is InChI=1S/C7H12O4S/c1-4-5-12(8,9)6-7(10-2)11-3/h1,7H,5-6H2,2-3H3. The molecule has 0 rings (SSSR count). The smallest absolute Gasteiger partial charge is 0.170 e. The summed E-state index contributed by atoms with van der Waals surface area (Å²) in [6.07, 6.45) is 4.13. The fraction of sp³-hybridized carbons (Fsp3) is 0.714. The van der Waals surface area contributed by atoms with Crippen molar-refractivity contribution in [3.8, 4) is 12.3 Å². The van der Waals surface area contributed by atoms with Crippen LogP contribution in [0.1, 0.15) is 0 Å². The zero-order valence-corrected chi connectivity index (χ0v) is 7.93. The van der Waals surface area contributed by atoms with Gasteiger partial charge in [-0.25, -0.2) is 8.42 Å². The van der Waals surface area contributed by atoms with Gasteiger partial charge in [0, 0.05) is 14.2 Å². The van der Waals surface area contributed by atoms with Crippen LogP contribution in [0.15, 0.2) is 0 Å². The van der Waals surface area contributed by atoms with Crippen molar-refractivity contribution in [3.63, 3.8) is 0 Å². The van der Waals surface area contributed by atoms with E-state index in [-0.39, 0.29) is 11.5 Å². The first-order valence-corrected chi connectivity index (χ1v) is 5.07. The Bertz CT molecular complexity index is 245. The average Bonchev–Trinajstić information content (AvgIpc) is 2.00. The van der Waals surface area contributed by atoms with Crippen molar-refractivity contribution < 1.29 is 17.9 Å². The predicted octanol–water partition coefficient (Wildman–Crippen LogP) is -0.347. The second-order valence-electron chi connectivity index (χ2n) is 2.16. The molecule has 0 aromatic carbocycles. The third-order valence-electron chi connectivity index (χ3n) is 1.22. The number of rotatable bonds is 5. The number of sulfone groups is 1. The Morgan fingerprint density at radius 3 is 2.25 bits per heavy atom. The van der Waals surface area contributed by atoms with Crippen molar-refractivity contribution in [2.75, 3.05) is 25.7 Å². The van der Waals surface area contributed by atoms with Crippen molar-refractivity contribution in [2.45, 2.75) is 6.29 Å². The summed E-state index contributed by atoms with van der Waals surface area (Å²) in [5.41, 5.74) is 0. The van der Waals surface area contributed by atoms with E-state index >= 15 is 0 Å². The van der Waals surface area contributed by atoms with Crippen molar-refractivity contribution >= 4 is 9.84 Å². The number of hydrogen-bond acceptors (Lipinski definition) is 4. The van der Waals surface area contributed by atoms with Crippen molar-refractivity contribution in [3.05, 3.63) is 0 Å². The molecule has 0 aliphatic carbocycles. The molecule has 12 heavy (non-hydrogen) atoms. The fourth-order valence-electron chi connectivity index (χ4n) is 0.626. The fourth-order valence-corrected chi connectivity index (χ4v) is 1.68. The Balaban J connectivity index is 4.15. The van der Waals surface area contributed by atoms with Gasteiger partial charge in [-0.2, -0.15) is 0 Å². The van der Waals surface area contributed by atoms with E-state index in [1.54, 1.807) is 0 Å². The van der Waals surface area contributed by atoms with E-state index in [2.05, 4.69) is 5.92 Å². The third-order valence-corrected chi connectivity index (χ3v) is 2.61. The SMILES string of the molecule is C#CCS(=O)(=O)CC(OC)OC. The Kier molecular flexibility index (Phi) is 4.90. The summed E-state index contributed by atoms with van der Waals surface area (Å²) < 4.78 is 31.5. The van der Waals surface area contributed by atoms with Crippen LogP contribution < -0.4 is 0 Å². The van der Waals surface area contributed by atoms with Gasteiger partial charge in [-0.15, -0.1) is 6.42 Å². The van der Waals surface area contributed by atoms with E-state index in [1.165, 1.54) is 14.2 Å². The topological polar surface area (TPSA) is 52.6 Å². The summed E-state index contributed by atoms with van der Waals surface area (Å²) >= 11 is 0. The van der Waals surface area contributed by atoms with Gasteiger partial charge in [-0.05, 0) is 0 Å². The maximum Gasteiger partial charge on any atom is 0.170 e. The highest BCUT2D eigenvalue weighted by atomic mass is 32.2. The Morgan fingerprint density at radius 1 is 1.42 bits per heavy atom. The van der Waals surface area contributed by atoms with Gasteiger partial charge in [0.15, 0.2) is 16.1 Å². The first-order chi connectivity index (χ1) is 5.55. The molecule has 0 heterocycles. The highest BCUT2D eigenvalue weighted by molar-refractivity contribution is 7.91. The molecule has 70 valence electrons. The maximum absolute atomic E-state index is 11.1. The lowest BCUT2D eigenvalue weighted by Gasteiger charge is -2.11. The molecule has 0 amide bonds. The summed E-state index contributed by atoms with van der Waals surface area (Å²) in [6, 6.07) is 0. The first-order valence-electron chi connectivity index (χ1n) is 3.25. The largest absolute Gasteiger partial charge is 0.355 e. The van der Waals surface area contributed by atoms with E-state index in [9.17, 15) is 8.42 Å². The lowest BCUT2D eigenvalue weighted by molar-refractivity contribution is -0.0851. The van der Waals surface area contributed by atoms with Crippen LogP contribution >= 0.6 is 0 Å². The minimum Gasteiger partial charge on any atom is -0.355 e. The molecule has 0 aliphatic heterocycles. The minimum absolute atomic E-state index is 0.204. The van der Waals surface area contributed by atoms with Crippen LogP contribution in [0.2, 0.25) is 0 Å². The summed E-state index contributed by atoms with van der Waals surface area (Å²) in [7, 11) is -0.492. The first kappa shape index (κ1) is 11.4. The summed E-state index contributed by atoms with van der Waals surface area (Å²) in [4.78, 5) is 0. The second-order valence-corrected chi connectivity index (χ2v) is 4.27. The monoisotopic (exact) mass is 192 g/mol. The lowest BCUT2D eigenvalue weighted by atomic mass is 10.7. The van der Waals surface area contributed by atoms with Crippen molar-refractivity contribution in [2.24, 2.45) is 0 Å². The molecule has 0 N–H and O–H groups in total. The molecule has 0 aromatic rings. The number of ether oxygens (including phenoxy) is 2. The van der Waals surface area contributed by atoms with Crippen LogP contribution in [0.5, 0.6) is 0 Å². The summed E-state index contributed by atoms with van der Waals surface area (Å²) in [5, 5.41) is 0. The van der Waals surface area contributed by atoms with Gasteiger partial charge in [0.25, 0.3) is 0 Å². The highest BCUT2D eigenvalue weighted by Gasteiger charge is 2.16. The second kappa shape index (κ2) is 5.14. The Hall–Kier alpha value is -0.570. The molecule has 0 saturated heterocycles. The molecule has 0 aromatic heterocycles. The van der Waals surface area contributed by atoms with E-state index in [0.29, 0.717) is 0 Å². The molecule has 0 radical (unpaired) electrons. The predicted molar refractivity (Wildman–Crippen MR) is 45.3 cm³/mol. The summed E-state index contributed by atoms with van der Waals surface area (Å²) in [6.45, 7) is 0. The van der Waals surface area contributed by atoms with E-state index in [1.807, 2.05) is 0 Å². The Morgan fingerprint density at radius 2 is 1.92 bits per heavy atom. The van der Waals surface area contributed by atoms with Crippen LogP contribution in [-0.2, 0) is 19.3 Å². The molecular weight excluding hydrogens is 180 g/mol. The zero-order valence-electron chi connectivity index (χ0n) is 7.11. The molecule has 0 bridgehead atoms. The number of hydrogen-bond donors (Lipinski definition) is 0. The number of methoxy groups -OCH3 is 2. The molecule has 0 fully saturated rings. The van der Waals surface area contributed by atoms with E-state index in [4.69, 9.17) is 15.9 Å².